The second kappa shape index (κ2) is 12.1. The number of nitrogens with one attached hydrogen (secondary N) is 2. The van der Waals surface area contributed by atoms with E-state index in [4.69, 9.17) is 15.3 Å². The molecule has 12 nitrogen and oxygen atoms in total. The van der Waals surface area contributed by atoms with E-state index >= 15 is 0 Å². The fourth-order valence-corrected chi connectivity index (χ4v) is 1.98. The predicted octanol–water partition coefficient (Wildman–Crippen LogP) is -1.44. The van der Waals surface area contributed by atoms with E-state index in [9.17, 15) is 19.5 Å². The number of amides is 3. The summed E-state index contributed by atoms with van der Waals surface area (Å²) in [5.41, 5.74) is 10.3. The van der Waals surface area contributed by atoms with Gasteiger partial charge in [-0.25, -0.2) is 9.59 Å². The van der Waals surface area contributed by atoms with Gasteiger partial charge in [0, 0.05) is 12.7 Å². The number of carbonyl (C=O) groups excluding carboxylic acids is 2. The summed E-state index contributed by atoms with van der Waals surface area (Å²) < 4.78 is 5.28. The number of carboxylic acid groups (broad SMARTS) is 1. The Hall–Kier alpha value is -2.38. The number of aliphatic hydroxyl groups excluding tert-OH is 1. The second-order valence-corrected chi connectivity index (χ2v) is 6.00. The van der Waals surface area contributed by atoms with Crippen molar-refractivity contribution in [1.82, 2.24) is 20.8 Å². The summed E-state index contributed by atoms with van der Waals surface area (Å²) in [6.07, 6.45) is 0.659. The molecule has 148 valence electrons. The number of aliphatic hydroxyl groups is 1. The van der Waals surface area contributed by atoms with Crippen molar-refractivity contribution in [3.8, 4) is 0 Å². The Labute approximate surface area is 154 Å². The van der Waals surface area contributed by atoms with Crippen LogP contribution in [0.15, 0.2) is 4.42 Å². The third-order valence-electron chi connectivity index (χ3n) is 2.58. The van der Waals surface area contributed by atoms with E-state index in [2.05, 4.69) is 26.6 Å². The summed E-state index contributed by atoms with van der Waals surface area (Å²) in [7, 11) is 0. The number of thioether (sulfide) groups is 1. The lowest BCUT2D eigenvalue weighted by atomic mass is 10.2. The summed E-state index contributed by atoms with van der Waals surface area (Å²) in [6, 6.07) is -2.58. The van der Waals surface area contributed by atoms with Crippen LogP contribution in [0.4, 0.5) is 4.79 Å². The Morgan fingerprint density at radius 3 is 2.38 bits per heavy atom. The lowest BCUT2D eigenvalue weighted by Crippen LogP contribution is -2.51. The van der Waals surface area contributed by atoms with Gasteiger partial charge in [0.2, 0.25) is 17.7 Å². The third-order valence-corrected chi connectivity index (χ3v) is 3.27. The van der Waals surface area contributed by atoms with Gasteiger partial charge in [0.15, 0.2) is 6.04 Å². The number of hydrogen-bond acceptors (Lipinski definition) is 9. The summed E-state index contributed by atoms with van der Waals surface area (Å²) in [4.78, 5) is 31.6. The summed E-state index contributed by atoms with van der Waals surface area (Å²) in [5, 5.41) is 30.1. The minimum atomic E-state index is -1.41. The van der Waals surface area contributed by atoms with Crippen LogP contribution in [0.5, 0.6) is 0 Å². The molecular formula is C13H24N6O6S. The summed E-state index contributed by atoms with van der Waals surface area (Å²) in [6.45, 7) is 2.48. The Balaban J connectivity index is 0.00000141. The van der Waals surface area contributed by atoms with Crippen LogP contribution in [0, 0.1) is 0 Å². The topological polar surface area (TPSA) is 207 Å². The number of aromatic nitrogens is 2. The molecule has 1 aromatic heterocycles. The maximum absolute atomic E-state index is 11.6. The Morgan fingerprint density at radius 1 is 1.35 bits per heavy atom. The van der Waals surface area contributed by atoms with Gasteiger partial charge in [-0.2, -0.15) is 11.8 Å². The first-order chi connectivity index (χ1) is 12.1. The smallest absolute Gasteiger partial charge is 0.328 e. The number of hydrogen-bond donors (Lipinski definition) is 6. The molecule has 0 fully saturated rings. The minimum Gasteiger partial charge on any atom is -0.480 e. The monoisotopic (exact) mass is 392 g/mol. The van der Waals surface area contributed by atoms with Gasteiger partial charge in [-0.3, -0.25) is 4.79 Å². The highest BCUT2D eigenvalue weighted by Gasteiger charge is 2.25. The fraction of sp³-hybridized carbons (Fsp3) is 0.615. The van der Waals surface area contributed by atoms with Crippen LogP contribution in [0.1, 0.15) is 31.7 Å². The van der Waals surface area contributed by atoms with Gasteiger partial charge in [-0.1, -0.05) is 0 Å². The molecule has 8 N–H and O–H groups in total. The van der Waals surface area contributed by atoms with Gasteiger partial charge in [-0.05, 0) is 13.2 Å². The second-order valence-electron chi connectivity index (χ2n) is 5.09. The molecule has 0 spiro atoms. The normalized spacial score (nSPS) is 13.6. The number of urea groups is 1. The van der Waals surface area contributed by atoms with Gasteiger partial charge in [-0.15, -0.1) is 10.2 Å². The van der Waals surface area contributed by atoms with E-state index < -0.39 is 30.2 Å². The van der Waals surface area contributed by atoms with E-state index in [1.807, 2.05) is 6.26 Å². The van der Waals surface area contributed by atoms with Crippen molar-refractivity contribution in [2.45, 2.75) is 38.6 Å². The zero-order valence-electron chi connectivity index (χ0n) is 14.6. The quantitative estimate of drug-likeness (QED) is 0.303. The van der Waals surface area contributed by atoms with Crippen molar-refractivity contribution in [3.63, 3.8) is 0 Å². The maximum Gasteiger partial charge on any atom is 0.328 e. The molecule has 0 bridgehead atoms. The average molecular weight is 392 g/mol. The first kappa shape index (κ1) is 23.6. The zero-order chi connectivity index (χ0) is 20.3. The van der Waals surface area contributed by atoms with Crippen LogP contribution in [0.2, 0.25) is 0 Å². The highest BCUT2D eigenvalue weighted by Crippen LogP contribution is 2.12. The number of carbonyl (C=O) groups is 3. The average Bonchev–Trinajstić information content (AvgIpc) is 2.98. The number of nitrogens with two attached hydrogens (primary N) is 2. The molecule has 1 heterocycles. The van der Waals surface area contributed by atoms with Crippen molar-refractivity contribution in [2.24, 2.45) is 11.5 Å². The van der Waals surface area contributed by atoms with Crippen molar-refractivity contribution >= 4 is 29.7 Å². The molecule has 13 heteroatoms. The molecular weight excluding hydrogens is 368 g/mol. The molecule has 0 aliphatic rings. The van der Waals surface area contributed by atoms with Gasteiger partial charge in [0.05, 0.1) is 18.7 Å². The number of aliphatic carboxylic acids is 1. The highest BCUT2D eigenvalue weighted by molar-refractivity contribution is 7.98. The lowest BCUT2D eigenvalue weighted by Gasteiger charge is -2.16. The van der Waals surface area contributed by atoms with Gasteiger partial charge >= 0.3 is 12.0 Å². The fourth-order valence-electron chi connectivity index (χ4n) is 1.48. The molecule has 0 saturated carbocycles. The molecule has 26 heavy (non-hydrogen) atoms. The minimum absolute atomic E-state index is 0.0863. The molecule has 0 radical (unpaired) electrons. The molecule has 0 aromatic carbocycles. The third kappa shape index (κ3) is 9.80. The standard InChI is InChI=1S/C11H19N5O5S.C2H5NO/c1-5(17)8(10(18)19)14-11(20)13-3-7-15-16-9(21-7)6(12)4-22-2;1-2(3)4/h5-6,8,17H,3-4,12H2,1-2H3,(H,18,19)(H2,13,14,20);1H3,(H2,3,4). The van der Waals surface area contributed by atoms with Crippen molar-refractivity contribution < 1.29 is 29.0 Å². The van der Waals surface area contributed by atoms with Crippen LogP contribution >= 0.6 is 11.8 Å². The number of carboxylic acids is 1. The lowest BCUT2D eigenvalue weighted by molar-refractivity contribution is -0.141. The maximum atomic E-state index is 11.6. The van der Waals surface area contributed by atoms with Gasteiger partial charge in [0.1, 0.15) is 0 Å². The highest BCUT2D eigenvalue weighted by atomic mass is 32.2. The zero-order valence-corrected chi connectivity index (χ0v) is 15.4. The summed E-state index contributed by atoms with van der Waals surface area (Å²) >= 11 is 1.53. The number of rotatable bonds is 8. The Kier molecular flexibility index (Phi) is 10.9. The molecule has 0 aliphatic carbocycles. The van der Waals surface area contributed by atoms with Crippen molar-refractivity contribution in [2.75, 3.05) is 12.0 Å². The molecule has 0 aliphatic heterocycles. The van der Waals surface area contributed by atoms with E-state index in [0.717, 1.165) is 0 Å². The SMILES string of the molecule is CC(N)=O.CSCC(N)c1nnc(CNC(=O)NC(C(=O)O)C(C)O)o1. The molecule has 3 unspecified atom stereocenters. The molecule has 1 aromatic rings. The Bertz CT molecular complexity index is 591. The van der Waals surface area contributed by atoms with Gasteiger partial charge in [0.25, 0.3) is 0 Å². The molecule has 1 rings (SSSR count). The van der Waals surface area contributed by atoms with E-state index in [-0.39, 0.29) is 24.2 Å². The number of primary amides is 1. The first-order valence-electron chi connectivity index (χ1n) is 7.36. The van der Waals surface area contributed by atoms with Crippen LogP contribution in [0.25, 0.3) is 0 Å². The summed E-state index contributed by atoms with van der Waals surface area (Å²) in [5.74, 6) is -0.651. The van der Waals surface area contributed by atoms with Crippen LogP contribution in [-0.2, 0) is 16.1 Å². The first-order valence-corrected chi connectivity index (χ1v) is 8.75. The van der Waals surface area contributed by atoms with E-state index in [1.54, 1.807) is 0 Å². The van der Waals surface area contributed by atoms with E-state index in [1.165, 1.54) is 25.6 Å². The van der Waals surface area contributed by atoms with Crippen molar-refractivity contribution in [1.29, 1.82) is 0 Å². The Morgan fingerprint density at radius 2 is 1.92 bits per heavy atom. The molecule has 3 atom stereocenters. The largest absolute Gasteiger partial charge is 0.480 e. The van der Waals surface area contributed by atoms with Crippen molar-refractivity contribution in [3.05, 3.63) is 11.8 Å². The van der Waals surface area contributed by atoms with Crippen LogP contribution in [-0.4, -0.2) is 62.5 Å². The van der Waals surface area contributed by atoms with Crippen LogP contribution < -0.4 is 22.1 Å². The number of nitrogens with zero attached hydrogens (tertiary/aromatic N) is 2. The molecule has 0 saturated heterocycles. The van der Waals surface area contributed by atoms with Crippen LogP contribution in [0.3, 0.4) is 0 Å². The van der Waals surface area contributed by atoms with Gasteiger partial charge < -0.3 is 36.7 Å². The predicted molar refractivity (Wildman–Crippen MR) is 93.0 cm³/mol. The molecule has 3 amide bonds. The van der Waals surface area contributed by atoms with E-state index in [0.29, 0.717) is 5.75 Å².